The first-order chi connectivity index (χ1) is 10.5. The Kier molecular flexibility index (Phi) is 3.98. The Labute approximate surface area is 132 Å². The van der Waals surface area contributed by atoms with Crippen molar-refractivity contribution < 1.29 is 4.79 Å². The van der Waals surface area contributed by atoms with Crippen molar-refractivity contribution in [2.24, 2.45) is 0 Å². The SMILES string of the molecule is Cc1c(Cl)cccc1NC(=O)Cn1nc(C2CC2)ccc1=O. The molecule has 1 saturated carbocycles. The Morgan fingerprint density at radius 2 is 2.14 bits per heavy atom. The Hall–Kier alpha value is -2.14. The number of carbonyl (C=O) groups is 1. The molecule has 2 aromatic rings. The molecule has 0 bridgehead atoms. The van der Waals surface area contributed by atoms with E-state index in [9.17, 15) is 9.59 Å². The van der Waals surface area contributed by atoms with Crippen LogP contribution in [0.2, 0.25) is 5.02 Å². The van der Waals surface area contributed by atoms with Gasteiger partial charge in [-0.25, -0.2) is 4.68 Å². The van der Waals surface area contributed by atoms with Gasteiger partial charge >= 0.3 is 0 Å². The van der Waals surface area contributed by atoms with Crippen LogP contribution in [-0.4, -0.2) is 15.7 Å². The third-order valence-electron chi connectivity index (χ3n) is 3.72. The first-order valence-electron chi connectivity index (χ1n) is 7.17. The molecule has 1 aromatic heterocycles. The van der Waals surface area contributed by atoms with Crippen molar-refractivity contribution in [1.82, 2.24) is 9.78 Å². The maximum absolute atomic E-state index is 12.1. The van der Waals surface area contributed by atoms with Crippen LogP contribution in [0.5, 0.6) is 0 Å². The highest BCUT2D eigenvalue weighted by molar-refractivity contribution is 6.31. The molecule has 0 atom stereocenters. The quantitative estimate of drug-likeness (QED) is 0.943. The van der Waals surface area contributed by atoms with Crippen LogP contribution in [0.25, 0.3) is 0 Å². The largest absolute Gasteiger partial charge is 0.324 e. The van der Waals surface area contributed by atoms with Crippen molar-refractivity contribution in [2.75, 3.05) is 5.32 Å². The molecule has 0 spiro atoms. The number of nitrogens with one attached hydrogen (secondary N) is 1. The van der Waals surface area contributed by atoms with Crippen LogP contribution in [0.1, 0.15) is 30.0 Å². The highest BCUT2D eigenvalue weighted by Crippen LogP contribution is 2.38. The number of aromatic nitrogens is 2. The summed E-state index contributed by atoms with van der Waals surface area (Å²) in [5.41, 5.74) is 2.04. The van der Waals surface area contributed by atoms with E-state index in [1.807, 2.05) is 6.92 Å². The molecule has 0 unspecified atom stereocenters. The van der Waals surface area contributed by atoms with E-state index < -0.39 is 0 Å². The lowest BCUT2D eigenvalue weighted by molar-refractivity contribution is -0.117. The van der Waals surface area contributed by atoms with Crippen molar-refractivity contribution in [1.29, 1.82) is 0 Å². The van der Waals surface area contributed by atoms with Gasteiger partial charge in [-0.15, -0.1) is 0 Å². The van der Waals surface area contributed by atoms with Crippen LogP contribution >= 0.6 is 11.6 Å². The van der Waals surface area contributed by atoms with Gasteiger partial charge in [0, 0.05) is 22.7 Å². The average molecular weight is 318 g/mol. The highest BCUT2D eigenvalue weighted by Gasteiger charge is 2.25. The molecule has 0 aliphatic heterocycles. The van der Waals surface area contributed by atoms with Crippen LogP contribution in [0.4, 0.5) is 5.69 Å². The predicted octanol–water partition coefficient (Wildman–Crippen LogP) is 2.72. The number of anilines is 1. The fourth-order valence-corrected chi connectivity index (χ4v) is 2.42. The number of benzene rings is 1. The Morgan fingerprint density at radius 3 is 2.86 bits per heavy atom. The number of amides is 1. The van der Waals surface area contributed by atoms with Crippen LogP contribution < -0.4 is 10.9 Å². The van der Waals surface area contributed by atoms with E-state index in [0.29, 0.717) is 16.6 Å². The zero-order valence-electron chi connectivity index (χ0n) is 12.2. The topological polar surface area (TPSA) is 64.0 Å². The van der Waals surface area contributed by atoms with Gasteiger partial charge in [-0.2, -0.15) is 5.10 Å². The fraction of sp³-hybridized carbons (Fsp3) is 0.312. The summed E-state index contributed by atoms with van der Waals surface area (Å²) >= 11 is 6.03. The van der Waals surface area contributed by atoms with E-state index in [-0.39, 0.29) is 18.0 Å². The summed E-state index contributed by atoms with van der Waals surface area (Å²) in [5.74, 6) is 0.137. The molecule has 3 rings (SSSR count). The summed E-state index contributed by atoms with van der Waals surface area (Å²) in [6.07, 6.45) is 2.19. The van der Waals surface area contributed by atoms with Crippen LogP contribution in [-0.2, 0) is 11.3 Å². The summed E-state index contributed by atoms with van der Waals surface area (Å²) in [6, 6.07) is 8.52. The third kappa shape index (κ3) is 3.20. The minimum atomic E-state index is -0.298. The van der Waals surface area contributed by atoms with E-state index in [4.69, 9.17) is 11.6 Å². The number of carbonyl (C=O) groups excluding carboxylic acids is 1. The molecule has 1 amide bonds. The standard InChI is InChI=1S/C16H16ClN3O2/c1-10-12(17)3-2-4-13(10)18-15(21)9-20-16(22)8-7-14(19-20)11-5-6-11/h2-4,7-8,11H,5-6,9H2,1H3,(H,18,21). The second-order valence-electron chi connectivity index (χ2n) is 5.49. The summed E-state index contributed by atoms with van der Waals surface area (Å²) in [4.78, 5) is 24.0. The first kappa shape index (κ1) is 14.8. The number of hydrogen-bond acceptors (Lipinski definition) is 3. The monoisotopic (exact) mass is 317 g/mol. The van der Waals surface area contributed by atoms with E-state index >= 15 is 0 Å². The van der Waals surface area contributed by atoms with Crippen LogP contribution in [0.15, 0.2) is 35.1 Å². The average Bonchev–Trinajstić information content (AvgIpc) is 3.31. The van der Waals surface area contributed by atoms with Crippen molar-refractivity contribution in [3.63, 3.8) is 0 Å². The van der Waals surface area contributed by atoms with Gasteiger partial charge in [0.1, 0.15) is 6.54 Å². The minimum Gasteiger partial charge on any atom is -0.324 e. The van der Waals surface area contributed by atoms with Crippen LogP contribution in [0, 0.1) is 6.92 Å². The number of hydrogen-bond donors (Lipinski definition) is 1. The van der Waals surface area contributed by atoms with Gasteiger partial charge in [-0.1, -0.05) is 17.7 Å². The molecule has 0 radical (unpaired) electrons. The molecule has 1 N–H and O–H groups in total. The summed E-state index contributed by atoms with van der Waals surface area (Å²) in [7, 11) is 0. The van der Waals surface area contributed by atoms with E-state index in [1.165, 1.54) is 10.7 Å². The Morgan fingerprint density at radius 1 is 1.36 bits per heavy atom. The summed E-state index contributed by atoms with van der Waals surface area (Å²) in [6.45, 7) is 1.72. The molecule has 1 aliphatic carbocycles. The third-order valence-corrected chi connectivity index (χ3v) is 4.13. The normalized spacial score (nSPS) is 13.9. The smallest absolute Gasteiger partial charge is 0.267 e. The van der Waals surface area contributed by atoms with Gasteiger partial charge < -0.3 is 5.32 Å². The molecule has 1 heterocycles. The van der Waals surface area contributed by atoms with Crippen molar-refractivity contribution in [3.05, 3.63) is 57.0 Å². The number of rotatable bonds is 4. The maximum atomic E-state index is 12.1. The number of nitrogens with zero attached hydrogens (tertiary/aromatic N) is 2. The molecule has 22 heavy (non-hydrogen) atoms. The minimum absolute atomic E-state index is 0.106. The van der Waals surface area contributed by atoms with E-state index in [0.717, 1.165) is 24.1 Å². The maximum Gasteiger partial charge on any atom is 0.267 e. The number of halogens is 1. The molecular formula is C16H16ClN3O2. The van der Waals surface area contributed by atoms with Gasteiger partial charge in [-0.05, 0) is 43.5 Å². The molecule has 5 nitrogen and oxygen atoms in total. The zero-order valence-corrected chi connectivity index (χ0v) is 12.9. The van der Waals surface area contributed by atoms with Gasteiger partial charge in [-0.3, -0.25) is 9.59 Å². The fourth-order valence-electron chi connectivity index (χ4n) is 2.24. The van der Waals surface area contributed by atoms with Gasteiger partial charge in [0.25, 0.3) is 5.56 Å². The van der Waals surface area contributed by atoms with Crippen molar-refractivity contribution in [3.8, 4) is 0 Å². The second-order valence-corrected chi connectivity index (χ2v) is 5.90. The lowest BCUT2D eigenvalue weighted by atomic mass is 10.2. The Bertz CT molecular complexity index is 781. The lowest BCUT2D eigenvalue weighted by Crippen LogP contribution is -2.29. The van der Waals surface area contributed by atoms with Crippen LogP contribution in [0.3, 0.4) is 0 Å². The van der Waals surface area contributed by atoms with Crippen molar-refractivity contribution >= 4 is 23.2 Å². The predicted molar refractivity (Wildman–Crippen MR) is 85.3 cm³/mol. The second kappa shape index (κ2) is 5.93. The summed E-state index contributed by atoms with van der Waals surface area (Å²) < 4.78 is 1.21. The molecule has 1 aliphatic rings. The van der Waals surface area contributed by atoms with Gasteiger partial charge in [0.05, 0.1) is 5.69 Å². The van der Waals surface area contributed by atoms with E-state index in [1.54, 1.807) is 24.3 Å². The van der Waals surface area contributed by atoms with Crippen molar-refractivity contribution in [2.45, 2.75) is 32.2 Å². The lowest BCUT2D eigenvalue weighted by Gasteiger charge is -2.10. The zero-order chi connectivity index (χ0) is 15.7. The molecule has 1 fully saturated rings. The van der Waals surface area contributed by atoms with Gasteiger partial charge in [0.2, 0.25) is 5.91 Å². The summed E-state index contributed by atoms with van der Waals surface area (Å²) in [5, 5.41) is 7.63. The highest BCUT2D eigenvalue weighted by atomic mass is 35.5. The Balaban J connectivity index is 1.75. The van der Waals surface area contributed by atoms with E-state index in [2.05, 4.69) is 10.4 Å². The first-order valence-corrected chi connectivity index (χ1v) is 7.55. The molecule has 114 valence electrons. The molecule has 6 heteroatoms. The molecule has 0 saturated heterocycles. The van der Waals surface area contributed by atoms with Gasteiger partial charge in [0.15, 0.2) is 0 Å². The molecular weight excluding hydrogens is 302 g/mol. The molecule has 1 aromatic carbocycles.